The molecule has 0 saturated carbocycles. The molecule has 0 radical (unpaired) electrons. The molecule has 2 fully saturated rings. The molecule has 5 heteroatoms. The largest absolute Gasteiger partial charge is 0.294 e. The Hall–Kier alpha value is -0.0000000000000000555. The van der Waals surface area contributed by atoms with Crippen LogP contribution in [0.3, 0.4) is 0 Å². The van der Waals surface area contributed by atoms with Crippen LogP contribution in [-0.2, 0) is 9.84 Å². The molecule has 2 rings (SSSR count). The van der Waals surface area contributed by atoms with Crippen LogP contribution >= 0.6 is 12.6 Å². The molecule has 80 valence electrons. The SMILES string of the molecule is C=C(CS)CN1CC2CC1CS2(=O)=O. The number of hydrogen-bond donors (Lipinski definition) is 1. The smallest absolute Gasteiger partial charge is 0.156 e. The second kappa shape index (κ2) is 3.54. The van der Waals surface area contributed by atoms with Crippen LogP contribution < -0.4 is 0 Å². The van der Waals surface area contributed by atoms with E-state index in [1.807, 2.05) is 0 Å². The molecule has 0 aromatic carbocycles. The van der Waals surface area contributed by atoms with Crippen molar-refractivity contribution in [3.8, 4) is 0 Å². The van der Waals surface area contributed by atoms with Gasteiger partial charge in [0.15, 0.2) is 9.84 Å². The van der Waals surface area contributed by atoms with Crippen LogP contribution in [0.4, 0.5) is 0 Å². The van der Waals surface area contributed by atoms with Crippen LogP contribution in [0.15, 0.2) is 12.2 Å². The highest BCUT2D eigenvalue weighted by atomic mass is 32.2. The summed E-state index contributed by atoms with van der Waals surface area (Å²) in [5.41, 5.74) is 1.07. The van der Waals surface area contributed by atoms with E-state index in [4.69, 9.17) is 0 Å². The Morgan fingerprint density at radius 3 is 2.71 bits per heavy atom. The normalized spacial score (nSPS) is 34.9. The molecular weight excluding hydrogens is 218 g/mol. The van der Waals surface area contributed by atoms with Crippen molar-refractivity contribution < 1.29 is 8.42 Å². The van der Waals surface area contributed by atoms with Gasteiger partial charge in [0, 0.05) is 24.9 Å². The number of rotatable bonds is 3. The van der Waals surface area contributed by atoms with Crippen molar-refractivity contribution in [3.05, 3.63) is 12.2 Å². The molecular formula is C9H15NO2S2. The second-order valence-electron chi connectivity index (χ2n) is 4.18. The van der Waals surface area contributed by atoms with Gasteiger partial charge in [-0.1, -0.05) is 12.2 Å². The van der Waals surface area contributed by atoms with Crippen molar-refractivity contribution in [2.75, 3.05) is 24.6 Å². The van der Waals surface area contributed by atoms with Crippen molar-refractivity contribution in [2.45, 2.75) is 17.7 Å². The van der Waals surface area contributed by atoms with E-state index in [9.17, 15) is 8.42 Å². The molecule has 2 aliphatic rings. The molecule has 2 bridgehead atoms. The number of fused-ring (bicyclic) bond motifs is 2. The highest BCUT2D eigenvalue weighted by Gasteiger charge is 2.47. The van der Waals surface area contributed by atoms with E-state index in [2.05, 4.69) is 24.1 Å². The topological polar surface area (TPSA) is 37.4 Å². The fraction of sp³-hybridized carbons (Fsp3) is 0.778. The Balaban J connectivity index is 2.00. The maximum Gasteiger partial charge on any atom is 0.156 e. The Bertz CT molecular complexity index is 350. The van der Waals surface area contributed by atoms with Crippen molar-refractivity contribution in [1.82, 2.24) is 4.90 Å². The molecule has 2 heterocycles. The summed E-state index contributed by atoms with van der Waals surface area (Å²) >= 11 is 4.15. The van der Waals surface area contributed by atoms with E-state index >= 15 is 0 Å². The summed E-state index contributed by atoms with van der Waals surface area (Å²) in [6.07, 6.45) is 0.822. The van der Waals surface area contributed by atoms with Gasteiger partial charge in [0.1, 0.15) is 0 Å². The van der Waals surface area contributed by atoms with Gasteiger partial charge in [-0.05, 0) is 6.42 Å². The number of sulfone groups is 1. The van der Waals surface area contributed by atoms with Crippen LogP contribution in [0.5, 0.6) is 0 Å². The lowest BCUT2D eigenvalue weighted by atomic mass is 10.2. The summed E-state index contributed by atoms with van der Waals surface area (Å²) in [5, 5.41) is -0.111. The summed E-state index contributed by atoms with van der Waals surface area (Å²) in [6, 6.07) is 0.238. The van der Waals surface area contributed by atoms with Gasteiger partial charge in [-0.25, -0.2) is 8.42 Å². The zero-order valence-electron chi connectivity index (χ0n) is 8.02. The third kappa shape index (κ3) is 1.73. The first-order chi connectivity index (χ1) is 6.53. The Labute approximate surface area is 90.5 Å². The first-order valence-corrected chi connectivity index (χ1v) is 7.11. The first-order valence-electron chi connectivity index (χ1n) is 4.76. The standard InChI is InChI=1S/C9H15NO2S2/c1-7(5-13)3-10-4-9-2-8(10)6-14(9,11)12/h8-9,13H,1-6H2. The Morgan fingerprint density at radius 2 is 2.29 bits per heavy atom. The monoisotopic (exact) mass is 233 g/mol. The highest BCUT2D eigenvalue weighted by molar-refractivity contribution is 7.92. The summed E-state index contributed by atoms with van der Waals surface area (Å²) in [7, 11) is -2.75. The quantitative estimate of drug-likeness (QED) is 0.564. The van der Waals surface area contributed by atoms with Crippen LogP contribution in [0.2, 0.25) is 0 Å². The van der Waals surface area contributed by atoms with Crippen LogP contribution in [0, 0.1) is 0 Å². The summed E-state index contributed by atoms with van der Waals surface area (Å²) in [6.45, 7) is 5.39. The maximum atomic E-state index is 11.5. The predicted octanol–water partition coefficient (Wildman–Crippen LogP) is 0.344. The first kappa shape index (κ1) is 10.5. The van der Waals surface area contributed by atoms with Gasteiger partial charge in [-0.15, -0.1) is 0 Å². The maximum absolute atomic E-state index is 11.5. The fourth-order valence-electron chi connectivity index (χ4n) is 2.31. The zero-order chi connectivity index (χ0) is 10.3. The summed E-state index contributed by atoms with van der Waals surface area (Å²) in [4.78, 5) is 2.23. The molecule has 14 heavy (non-hydrogen) atoms. The molecule has 2 atom stereocenters. The average molecular weight is 233 g/mol. The van der Waals surface area contributed by atoms with Gasteiger partial charge in [-0.3, -0.25) is 4.90 Å². The molecule has 0 aliphatic carbocycles. The van der Waals surface area contributed by atoms with E-state index in [1.54, 1.807) is 0 Å². The molecule has 2 unspecified atom stereocenters. The van der Waals surface area contributed by atoms with Gasteiger partial charge in [0.2, 0.25) is 0 Å². The molecule has 0 aromatic rings. The van der Waals surface area contributed by atoms with Gasteiger partial charge in [0.25, 0.3) is 0 Å². The lowest BCUT2D eigenvalue weighted by molar-refractivity contribution is 0.288. The Kier molecular flexibility index (Phi) is 2.66. The molecule has 0 spiro atoms. The van der Waals surface area contributed by atoms with E-state index in [0.717, 1.165) is 18.5 Å². The van der Waals surface area contributed by atoms with Gasteiger partial charge < -0.3 is 0 Å². The van der Waals surface area contributed by atoms with Crippen LogP contribution in [0.25, 0.3) is 0 Å². The zero-order valence-corrected chi connectivity index (χ0v) is 9.73. The van der Waals surface area contributed by atoms with E-state index in [0.29, 0.717) is 18.1 Å². The van der Waals surface area contributed by atoms with E-state index < -0.39 is 9.84 Å². The van der Waals surface area contributed by atoms with Gasteiger partial charge >= 0.3 is 0 Å². The van der Waals surface area contributed by atoms with Crippen LogP contribution in [0.1, 0.15) is 6.42 Å². The molecule has 0 aromatic heterocycles. The van der Waals surface area contributed by atoms with Gasteiger partial charge in [-0.2, -0.15) is 12.6 Å². The highest BCUT2D eigenvalue weighted by Crippen LogP contribution is 2.33. The summed E-state index contributed by atoms with van der Waals surface area (Å²) < 4.78 is 22.9. The lowest BCUT2D eigenvalue weighted by Gasteiger charge is -2.26. The van der Waals surface area contributed by atoms with E-state index in [1.165, 1.54) is 0 Å². The summed E-state index contributed by atoms with van der Waals surface area (Å²) in [5.74, 6) is 1.03. The fourth-order valence-corrected chi connectivity index (χ4v) is 4.50. The number of likely N-dealkylation sites (tertiary alicyclic amines) is 1. The third-order valence-electron chi connectivity index (χ3n) is 3.07. The number of thiol groups is 1. The van der Waals surface area contributed by atoms with Crippen molar-refractivity contribution in [3.63, 3.8) is 0 Å². The lowest BCUT2D eigenvalue weighted by Crippen LogP contribution is -2.41. The van der Waals surface area contributed by atoms with Gasteiger partial charge in [0.05, 0.1) is 11.0 Å². The minimum atomic E-state index is -2.75. The van der Waals surface area contributed by atoms with Crippen molar-refractivity contribution in [2.24, 2.45) is 0 Å². The minimum absolute atomic E-state index is 0.111. The number of nitrogens with zero attached hydrogens (tertiary/aromatic N) is 1. The predicted molar refractivity (Wildman–Crippen MR) is 60.5 cm³/mol. The molecule has 0 N–H and O–H groups in total. The van der Waals surface area contributed by atoms with Crippen molar-refractivity contribution in [1.29, 1.82) is 0 Å². The molecule has 3 nitrogen and oxygen atoms in total. The molecule has 2 saturated heterocycles. The third-order valence-corrected chi connectivity index (χ3v) is 5.73. The molecule has 2 aliphatic heterocycles. The Morgan fingerprint density at radius 1 is 1.57 bits per heavy atom. The van der Waals surface area contributed by atoms with Crippen LogP contribution in [-0.4, -0.2) is 49.2 Å². The second-order valence-corrected chi connectivity index (χ2v) is 6.82. The molecule has 0 amide bonds. The van der Waals surface area contributed by atoms with E-state index in [-0.39, 0.29) is 11.3 Å². The minimum Gasteiger partial charge on any atom is -0.294 e. The number of hydrogen-bond acceptors (Lipinski definition) is 4. The van der Waals surface area contributed by atoms with Crippen molar-refractivity contribution >= 4 is 22.5 Å². The average Bonchev–Trinajstić information content (AvgIpc) is 2.59.